The highest BCUT2D eigenvalue weighted by molar-refractivity contribution is 5.81. The van der Waals surface area contributed by atoms with Gasteiger partial charge in [-0.05, 0) is 43.4 Å². The fraction of sp³-hybridized carbons (Fsp3) is 0.682. The van der Waals surface area contributed by atoms with Gasteiger partial charge in [-0.2, -0.15) is 0 Å². The topological polar surface area (TPSA) is 36.0 Å². The Morgan fingerprint density at radius 2 is 1.82 bits per heavy atom. The second kappa shape index (κ2) is 9.23. The summed E-state index contributed by atoms with van der Waals surface area (Å²) in [6.45, 7) is 12.4. The molecule has 28 heavy (non-hydrogen) atoms. The quantitative estimate of drug-likeness (QED) is 0.773. The maximum Gasteiger partial charge on any atom is 0.239 e. The van der Waals surface area contributed by atoms with Gasteiger partial charge >= 0.3 is 0 Å². The van der Waals surface area contributed by atoms with Crippen molar-refractivity contribution in [1.29, 1.82) is 0 Å². The first-order valence-electron chi connectivity index (χ1n) is 10.4. The van der Waals surface area contributed by atoms with Crippen molar-refractivity contribution < 1.29 is 13.9 Å². The number of carbonyl (C=O) groups excluding carboxylic acids is 1. The highest BCUT2D eigenvalue weighted by atomic mass is 19.1. The van der Waals surface area contributed by atoms with E-state index in [0.29, 0.717) is 18.4 Å². The van der Waals surface area contributed by atoms with E-state index in [9.17, 15) is 9.18 Å². The number of hydrogen-bond donors (Lipinski definition) is 0. The summed E-state index contributed by atoms with van der Waals surface area (Å²) in [5, 5.41) is 0. The van der Waals surface area contributed by atoms with Gasteiger partial charge in [-0.3, -0.25) is 14.6 Å². The zero-order chi connectivity index (χ0) is 20.3. The van der Waals surface area contributed by atoms with E-state index in [1.165, 1.54) is 12.5 Å². The lowest BCUT2D eigenvalue weighted by molar-refractivity contribution is -0.139. The zero-order valence-electron chi connectivity index (χ0n) is 17.7. The number of piperazine rings is 1. The molecule has 0 aliphatic carbocycles. The largest absolute Gasteiger partial charge is 0.496 e. The van der Waals surface area contributed by atoms with Gasteiger partial charge in [0, 0.05) is 51.4 Å². The molecule has 2 aliphatic heterocycles. The van der Waals surface area contributed by atoms with E-state index in [0.717, 1.165) is 50.6 Å². The summed E-state index contributed by atoms with van der Waals surface area (Å²) in [7, 11) is 1.62. The number of nitrogens with zero attached hydrogens (tertiary/aromatic N) is 3. The summed E-state index contributed by atoms with van der Waals surface area (Å²) in [5.41, 5.74) is 0.872. The molecule has 0 unspecified atom stereocenters. The second-order valence-electron chi connectivity index (χ2n) is 8.63. The first-order valence-corrected chi connectivity index (χ1v) is 10.4. The minimum atomic E-state index is -0.237. The fourth-order valence-corrected chi connectivity index (χ4v) is 4.68. The van der Waals surface area contributed by atoms with E-state index in [1.807, 2.05) is 6.92 Å². The molecule has 5 nitrogen and oxygen atoms in total. The van der Waals surface area contributed by atoms with Crippen LogP contribution < -0.4 is 4.74 Å². The predicted octanol–water partition coefficient (Wildman–Crippen LogP) is 2.84. The van der Waals surface area contributed by atoms with E-state index in [1.54, 1.807) is 19.2 Å². The minimum Gasteiger partial charge on any atom is -0.496 e. The van der Waals surface area contributed by atoms with Gasteiger partial charge in [0.1, 0.15) is 11.6 Å². The Morgan fingerprint density at radius 1 is 1.18 bits per heavy atom. The molecule has 3 rings (SSSR count). The summed E-state index contributed by atoms with van der Waals surface area (Å²) in [5.74, 6) is 1.91. The molecule has 0 radical (unpaired) electrons. The molecule has 3 atom stereocenters. The maximum absolute atomic E-state index is 13.6. The molecule has 1 aromatic rings. The van der Waals surface area contributed by atoms with Crippen LogP contribution in [0.2, 0.25) is 0 Å². The Kier molecular flexibility index (Phi) is 6.94. The van der Waals surface area contributed by atoms with Crippen LogP contribution in [-0.2, 0) is 11.3 Å². The molecule has 0 spiro atoms. The minimum absolute atomic E-state index is 0.0802. The fourth-order valence-electron chi connectivity index (χ4n) is 4.68. The molecule has 6 heteroatoms. The molecule has 1 amide bonds. The molecule has 156 valence electrons. The van der Waals surface area contributed by atoms with Crippen LogP contribution in [-0.4, -0.2) is 73.0 Å². The van der Waals surface area contributed by atoms with Crippen LogP contribution in [0.25, 0.3) is 0 Å². The van der Waals surface area contributed by atoms with Gasteiger partial charge in [-0.25, -0.2) is 4.39 Å². The van der Waals surface area contributed by atoms with E-state index in [-0.39, 0.29) is 17.8 Å². The molecule has 0 N–H and O–H groups in total. The van der Waals surface area contributed by atoms with Crippen LogP contribution in [0.1, 0.15) is 32.8 Å². The number of methoxy groups -OCH3 is 1. The van der Waals surface area contributed by atoms with Crippen LogP contribution >= 0.6 is 0 Å². The number of halogens is 1. The maximum atomic E-state index is 13.6. The summed E-state index contributed by atoms with van der Waals surface area (Å²) in [6.07, 6.45) is 1.21. The highest BCUT2D eigenvalue weighted by Crippen LogP contribution is 2.24. The second-order valence-corrected chi connectivity index (χ2v) is 8.63. The van der Waals surface area contributed by atoms with Crippen LogP contribution in [0.3, 0.4) is 0 Å². The standard InChI is InChI=1S/C22H34FN3O2/c1-16-11-17(2)14-26(13-16)22(27)18(3)25-9-7-24(8-10-25)15-19-12-20(23)5-6-21(19)28-4/h5-6,12,16-18H,7-11,13-15H2,1-4H3/t16-,17-,18+/m0/s1. The molecule has 1 aromatic carbocycles. The SMILES string of the molecule is COc1ccc(F)cc1CN1CCN([C@H](C)C(=O)N2C[C@@H](C)C[C@H](C)C2)CC1. The van der Waals surface area contributed by atoms with Gasteiger partial charge in [0.25, 0.3) is 0 Å². The first kappa shape index (κ1) is 21.1. The van der Waals surface area contributed by atoms with Crippen LogP contribution in [0, 0.1) is 17.7 Å². The first-order chi connectivity index (χ1) is 13.4. The normalized spacial score (nSPS) is 25.5. The van der Waals surface area contributed by atoms with E-state index in [2.05, 4.69) is 28.5 Å². The predicted molar refractivity (Wildman–Crippen MR) is 109 cm³/mol. The third-order valence-electron chi connectivity index (χ3n) is 6.13. The highest BCUT2D eigenvalue weighted by Gasteiger charge is 2.32. The molecule has 2 heterocycles. The number of rotatable bonds is 5. The lowest BCUT2D eigenvalue weighted by Gasteiger charge is -2.41. The third-order valence-corrected chi connectivity index (χ3v) is 6.13. The van der Waals surface area contributed by atoms with Gasteiger partial charge in [-0.1, -0.05) is 13.8 Å². The molecular weight excluding hydrogens is 357 g/mol. The Balaban J connectivity index is 1.53. The molecule has 0 saturated carbocycles. The zero-order valence-corrected chi connectivity index (χ0v) is 17.7. The van der Waals surface area contributed by atoms with Crippen LogP contribution in [0.15, 0.2) is 18.2 Å². The number of hydrogen-bond acceptors (Lipinski definition) is 4. The van der Waals surface area contributed by atoms with Gasteiger partial charge in [0.05, 0.1) is 13.2 Å². The van der Waals surface area contributed by atoms with Gasteiger partial charge < -0.3 is 9.64 Å². The molecule has 2 fully saturated rings. The van der Waals surface area contributed by atoms with Crippen LogP contribution in [0.4, 0.5) is 4.39 Å². The van der Waals surface area contributed by atoms with Crippen molar-refractivity contribution in [3.63, 3.8) is 0 Å². The van der Waals surface area contributed by atoms with Crippen molar-refractivity contribution in [3.05, 3.63) is 29.6 Å². The van der Waals surface area contributed by atoms with Gasteiger partial charge in [0.2, 0.25) is 5.91 Å². The van der Waals surface area contributed by atoms with E-state index >= 15 is 0 Å². The van der Waals surface area contributed by atoms with Crippen molar-refractivity contribution in [2.75, 3.05) is 46.4 Å². The number of ether oxygens (including phenoxy) is 1. The van der Waals surface area contributed by atoms with Crippen molar-refractivity contribution in [2.45, 2.75) is 39.8 Å². The molecule has 2 aliphatic rings. The lowest BCUT2D eigenvalue weighted by atomic mass is 9.91. The number of benzene rings is 1. The number of piperidine rings is 1. The van der Waals surface area contributed by atoms with Gasteiger partial charge in [0.15, 0.2) is 0 Å². The summed E-state index contributed by atoms with van der Waals surface area (Å²) < 4.78 is 19.0. The van der Waals surface area contributed by atoms with Gasteiger partial charge in [-0.15, -0.1) is 0 Å². The number of amides is 1. The Labute approximate surface area is 168 Å². The third kappa shape index (κ3) is 5.03. The summed E-state index contributed by atoms with van der Waals surface area (Å²) >= 11 is 0. The number of carbonyl (C=O) groups is 1. The summed E-state index contributed by atoms with van der Waals surface area (Å²) in [4.78, 5) is 19.6. The monoisotopic (exact) mass is 391 g/mol. The average Bonchev–Trinajstić information content (AvgIpc) is 2.67. The smallest absolute Gasteiger partial charge is 0.239 e. The van der Waals surface area contributed by atoms with Crippen molar-refractivity contribution in [2.24, 2.45) is 11.8 Å². The van der Waals surface area contributed by atoms with Crippen molar-refractivity contribution in [1.82, 2.24) is 14.7 Å². The molecule has 0 aromatic heterocycles. The Hall–Kier alpha value is -1.66. The van der Waals surface area contributed by atoms with Crippen molar-refractivity contribution >= 4 is 5.91 Å². The van der Waals surface area contributed by atoms with E-state index < -0.39 is 0 Å². The molecule has 2 saturated heterocycles. The van der Waals surface area contributed by atoms with Crippen molar-refractivity contribution in [3.8, 4) is 5.75 Å². The average molecular weight is 392 g/mol. The lowest BCUT2D eigenvalue weighted by Crippen LogP contribution is -2.56. The Morgan fingerprint density at radius 3 is 2.43 bits per heavy atom. The van der Waals surface area contributed by atoms with E-state index in [4.69, 9.17) is 4.74 Å². The molecular formula is C22H34FN3O2. The number of likely N-dealkylation sites (tertiary alicyclic amines) is 1. The van der Waals surface area contributed by atoms with Crippen LogP contribution in [0.5, 0.6) is 5.75 Å². The molecule has 0 bridgehead atoms. The summed E-state index contributed by atoms with van der Waals surface area (Å²) in [6, 6.07) is 4.58. The Bertz CT molecular complexity index is 666.